The molecule has 1 aromatic rings. The highest BCUT2D eigenvalue weighted by Gasteiger charge is 2.34. The molecule has 110 valence electrons. The summed E-state index contributed by atoms with van der Waals surface area (Å²) in [7, 11) is 0. The fourth-order valence-electron chi connectivity index (χ4n) is 2.81. The number of fused-ring (bicyclic) bond motifs is 1. The number of amides is 1. The molecule has 1 aromatic carbocycles. The topological polar surface area (TPSA) is 41.1 Å². The molecule has 1 unspecified atom stereocenters. The number of rotatable bonds is 2. The first kappa shape index (κ1) is 15.7. The molecule has 0 aromatic heterocycles. The molecular weight excluding hydrogens is 292 g/mol. The number of nitrogens with one attached hydrogen (secondary N) is 2. The molecule has 0 bridgehead atoms. The summed E-state index contributed by atoms with van der Waals surface area (Å²) in [6.45, 7) is 4.15. The molecule has 1 fully saturated rings. The van der Waals surface area contributed by atoms with Crippen LogP contribution in [0.15, 0.2) is 29.2 Å². The number of benzene rings is 1. The smallest absolute Gasteiger partial charge is 0.234 e. The van der Waals surface area contributed by atoms with Crippen molar-refractivity contribution in [2.24, 2.45) is 0 Å². The number of piperidine rings is 1. The highest BCUT2D eigenvalue weighted by atomic mass is 35.5. The summed E-state index contributed by atoms with van der Waals surface area (Å²) in [5.74, 6) is 0.200. The minimum atomic E-state index is -0.0301. The van der Waals surface area contributed by atoms with Crippen molar-refractivity contribution in [3.05, 3.63) is 29.8 Å². The third kappa shape index (κ3) is 3.30. The molecule has 1 saturated heterocycles. The van der Waals surface area contributed by atoms with Crippen LogP contribution in [0.25, 0.3) is 0 Å². The number of halogens is 1. The molecule has 0 saturated carbocycles. The van der Waals surface area contributed by atoms with Crippen LogP contribution >= 0.6 is 24.2 Å². The Hall–Kier alpha value is -0.710. The second-order valence-corrected chi connectivity index (χ2v) is 6.96. The first-order valence-corrected chi connectivity index (χ1v) is 7.82. The van der Waals surface area contributed by atoms with E-state index in [-0.39, 0.29) is 29.1 Å². The van der Waals surface area contributed by atoms with Crippen molar-refractivity contribution in [2.75, 3.05) is 13.1 Å². The van der Waals surface area contributed by atoms with Crippen molar-refractivity contribution in [1.29, 1.82) is 0 Å². The third-order valence-corrected chi connectivity index (χ3v) is 5.39. The molecule has 2 aliphatic heterocycles. The van der Waals surface area contributed by atoms with Crippen LogP contribution in [-0.4, -0.2) is 29.8 Å². The van der Waals surface area contributed by atoms with E-state index in [1.807, 2.05) is 12.1 Å². The van der Waals surface area contributed by atoms with Gasteiger partial charge in [0.2, 0.25) is 5.91 Å². The Labute approximate surface area is 130 Å². The Morgan fingerprint density at radius 3 is 2.75 bits per heavy atom. The Bertz CT molecular complexity index is 464. The Morgan fingerprint density at radius 2 is 2.05 bits per heavy atom. The highest BCUT2D eigenvalue weighted by Crippen LogP contribution is 2.37. The Balaban J connectivity index is 0.00000147. The predicted octanol–water partition coefficient (Wildman–Crippen LogP) is 2.38. The Morgan fingerprint density at radius 1 is 1.35 bits per heavy atom. The van der Waals surface area contributed by atoms with Gasteiger partial charge in [0, 0.05) is 10.4 Å². The van der Waals surface area contributed by atoms with Gasteiger partial charge < -0.3 is 10.6 Å². The molecule has 2 aliphatic rings. The summed E-state index contributed by atoms with van der Waals surface area (Å²) < 4.78 is 0. The zero-order valence-electron chi connectivity index (χ0n) is 11.6. The fraction of sp³-hybridized carbons (Fsp3) is 0.533. The van der Waals surface area contributed by atoms with Crippen molar-refractivity contribution in [3.8, 4) is 0 Å². The van der Waals surface area contributed by atoms with Gasteiger partial charge in [-0.2, -0.15) is 0 Å². The quantitative estimate of drug-likeness (QED) is 0.881. The summed E-state index contributed by atoms with van der Waals surface area (Å²) in [5, 5.41) is 6.66. The van der Waals surface area contributed by atoms with E-state index in [1.165, 1.54) is 10.5 Å². The molecule has 2 N–H and O–H groups in total. The van der Waals surface area contributed by atoms with Crippen LogP contribution < -0.4 is 10.6 Å². The molecule has 0 aliphatic carbocycles. The first-order chi connectivity index (χ1) is 9.16. The maximum Gasteiger partial charge on any atom is 0.234 e. The normalized spacial score (nSPS) is 23.6. The largest absolute Gasteiger partial charge is 0.350 e. The van der Waals surface area contributed by atoms with Gasteiger partial charge in [-0.1, -0.05) is 18.2 Å². The molecule has 20 heavy (non-hydrogen) atoms. The number of hydrogen-bond donors (Lipinski definition) is 2. The van der Waals surface area contributed by atoms with Crippen LogP contribution in [0.5, 0.6) is 0 Å². The van der Waals surface area contributed by atoms with Crippen LogP contribution in [0, 0.1) is 0 Å². The number of thioether (sulfide) groups is 1. The van der Waals surface area contributed by atoms with E-state index in [0.717, 1.165) is 32.4 Å². The number of hydrogen-bond acceptors (Lipinski definition) is 3. The van der Waals surface area contributed by atoms with Gasteiger partial charge in [-0.05, 0) is 50.9 Å². The van der Waals surface area contributed by atoms with E-state index in [4.69, 9.17) is 0 Å². The van der Waals surface area contributed by atoms with Gasteiger partial charge in [-0.3, -0.25) is 4.79 Å². The van der Waals surface area contributed by atoms with E-state index >= 15 is 0 Å². The van der Waals surface area contributed by atoms with Gasteiger partial charge in [0.15, 0.2) is 0 Å². The minimum Gasteiger partial charge on any atom is -0.350 e. The van der Waals surface area contributed by atoms with Crippen LogP contribution in [0.2, 0.25) is 0 Å². The van der Waals surface area contributed by atoms with Gasteiger partial charge >= 0.3 is 0 Å². The van der Waals surface area contributed by atoms with Crippen LogP contribution in [0.4, 0.5) is 0 Å². The zero-order chi connectivity index (χ0) is 13.3. The van der Waals surface area contributed by atoms with E-state index in [2.05, 4.69) is 29.7 Å². The van der Waals surface area contributed by atoms with Crippen molar-refractivity contribution >= 4 is 30.1 Å². The van der Waals surface area contributed by atoms with Crippen molar-refractivity contribution in [2.45, 2.75) is 41.9 Å². The summed E-state index contributed by atoms with van der Waals surface area (Å²) in [6.07, 6.45) is 2.90. The zero-order valence-corrected chi connectivity index (χ0v) is 13.3. The third-order valence-electron chi connectivity index (χ3n) is 4.07. The summed E-state index contributed by atoms with van der Waals surface area (Å²) in [6, 6.07) is 8.33. The predicted molar refractivity (Wildman–Crippen MR) is 85.7 cm³/mol. The summed E-state index contributed by atoms with van der Waals surface area (Å²) in [5.41, 5.74) is 1.28. The Kier molecular flexibility index (Phi) is 4.99. The second kappa shape index (κ2) is 6.37. The van der Waals surface area contributed by atoms with Gasteiger partial charge in [0.25, 0.3) is 0 Å². The van der Waals surface area contributed by atoms with Crippen molar-refractivity contribution in [3.63, 3.8) is 0 Å². The maximum absolute atomic E-state index is 12.4. The number of carbonyl (C=O) groups excluding carboxylic acids is 1. The lowest BCUT2D eigenvalue weighted by Gasteiger charge is -2.35. The van der Waals surface area contributed by atoms with Gasteiger partial charge in [0.1, 0.15) is 0 Å². The van der Waals surface area contributed by atoms with Gasteiger partial charge in [-0.25, -0.2) is 0 Å². The van der Waals surface area contributed by atoms with Crippen LogP contribution in [-0.2, 0) is 11.2 Å². The van der Waals surface area contributed by atoms with Crippen LogP contribution in [0.3, 0.4) is 0 Å². The molecule has 3 rings (SSSR count). The van der Waals surface area contributed by atoms with E-state index < -0.39 is 0 Å². The molecule has 3 nitrogen and oxygen atoms in total. The summed E-state index contributed by atoms with van der Waals surface area (Å²) in [4.78, 5) is 13.7. The molecule has 5 heteroatoms. The van der Waals surface area contributed by atoms with E-state index in [9.17, 15) is 4.79 Å². The molecule has 0 radical (unpaired) electrons. The lowest BCUT2D eigenvalue weighted by Crippen LogP contribution is -2.54. The van der Waals surface area contributed by atoms with Crippen molar-refractivity contribution in [1.82, 2.24) is 10.6 Å². The number of carbonyl (C=O) groups is 1. The average Bonchev–Trinajstić information content (AvgIpc) is 2.83. The van der Waals surface area contributed by atoms with Crippen LogP contribution in [0.1, 0.15) is 25.3 Å². The van der Waals surface area contributed by atoms with Gasteiger partial charge in [0.05, 0.1) is 5.25 Å². The average molecular weight is 313 g/mol. The maximum atomic E-state index is 12.4. The minimum absolute atomic E-state index is 0. The highest BCUT2D eigenvalue weighted by molar-refractivity contribution is 8.01. The molecule has 2 heterocycles. The fourth-order valence-corrected chi connectivity index (χ4v) is 4.01. The van der Waals surface area contributed by atoms with Gasteiger partial charge in [-0.15, -0.1) is 24.2 Å². The van der Waals surface area contributed by atoms with Crippen molar-refractivity contribution < 1.29 is 4.79 Å². The second-order valence-electron chi connectivity index (χ2n) is 5.72. The molecule has 0 spiro atoms. The first-order valence-electron chi connectivity index (χ1n) is 6.94. The molecular formula is C15H21ClN2OS. The monoisotopic (exact) mass is 312 g/mol. The molecule has 1 amide bonds. The molecule has 1 atom stereocenters. The lowest BCUT2D eigenvalue weighted by atomic mass is 9.90. The lowest BCUT2D eigenvalue weighted by molar-refractivity contribution is -0.122. The SMILES string of the molecule is CC1(NC(=O)C2Cc3ccccc3S2)CCNCC1.Cl. The summed E-state index contributed by atoms with van der Waals surface area (Å²) >= 11 is 1.70. The standard InChI is InChI=1S/C15H20N2OS.ClH/c1-15(6-8-16-9-7-15)17-14(18)13-10-11-4-2-3-5-12(11)19-13;/h2-5,13,16H,6-10H2,1H3,(H,17,18);1H. The van der Waals surface area contributed by atoms with E-state index in [1.54, 1.807) is 11.8 Å². The van der Waals surface area contributed by atoms with E-state index in [0.29, 0.717) is 0 Å².